The number of hydrogen-bond donors (Lipinski definition) is 1. The van der Waals surface area contributed by atoms with Gasteiger partial charge in [-0.3, -0.25) is 4.98 Å². The monoisotopic (exact) mass is 426 g/mol. The predicted octanol–water partition coefficient (Wildman–Crippen LogP) is 4.39. The summed E-state index contributed by atoms with van der Waals surface area (Å²) >= 11 is 1.45. The van der Waals surface area contributed by atoms with E-state index < -0.39 is 9.92 Å². The average molecular weight is 427 g/mol. The molecule has 0 saturated heterocycles. The van der Waals surface area contributed by atoms with Crippen LogP contribution in [0.2, 0.25) is 0 Å². The van der Waals surface area contributed by atoms with Gasteiger partial charge in [0.2, 0.25) is 0 Å². The van der Waals surface area contributed by atoms with Gasteiger partial charge in [-0.1, -0.05) is 0 Å². The van der Waals surface area contributed by atoms with Gasteiger partial charge in [-0.2, -0.15) is 0 Å². The number of benzene rings is 2. The molecule has 4 aromatic rings. The lowest BCUT2D eigenvalue weighted by atomic mass is 10.2. The molecule has 7 nitrogen and oxygen atoms in total. The highest BCUT2D eigenvalue weighted by molar-refractivity contribution is 7.91. The molecule has 0 aliphatic heterocycles. The molecular formula is C20H18N4O3S2. The summed E-state index contributed by atoms with van der Waals surface area (Å²) in [7, 11) is -1.39. The van der Waals surface area contributed by atoms with Gasteiger partial charge >= 0.3 is 0 Å². The Labute approximate surface area is 172 Å². The molecule has 29 heavy (non-hydrogen) atoms. The predicted molar refractivity (Wildman–Crippen MR) is 114 cm³/mol. The van der Waals surface area contributed by atoms with Crippen molar-refractivity contribution in [1.29, 1.82) is 0 Å². The van der Waals surface area contributed by atoms with Crippen molar-refractivity contribution in [2.24, 2.45) is 9.50 Å². The number of rotatable bonds is 6. The van der Waals surface area contributed by atoms with Gasteiger partial charge in [-0.05, 0) is 42.5 Å². The van der Waals surface area contributed by atoms with E-state index in [1.807, 2.05) is 23.6 Å². The fourth-order valence-electron chi connectivity index (χ4n) is 2.70. The first-order valence-electron chi connectivity index (χ1n) is 8.65. The van der Waals surface area contributed by atoms with Crippen molar-refractivity contribution in [3.63, 3.8) is 0 Å². The SMILES string of the molecule is COc1ccc2c(Oc3ccc(S(N)(=O)=NCc4nccs4)cc3)ccnc2c1. The Morgan fingerprint density at radius 2 is 1.86 bits per heavy atom. The molecule has 1 unspecified atom stereocenters. The van der Waals surface area contributed by atoms with Crippen molar-refractivity contribution in [1.82, 2.24) is 9.97 Å². The first-order chi connectivity index (χ1) is 14.0. The summed E-state index contributed by atoms with van der Waals surface area (Å²) in [6.45, 7) is 0.220. The summed E-state index contributed by atoms with van der Waals surface area (Å²) in [5.74, 6) is 1.98. The second kappa shape index (κ2) is 8.16. The minimum Gasteiger partial charge on any atom is -0.497 e. The van der Waals surface area contributed by atoms with E-state index in [1.54, 1.807) is 49.8 Å². The standard InChI is InChI=1S/C20H18N4O3S2/c1-26-15-4-7-17-18(12-15)22-9-8-19(17)27-14-2-5-16(6-3-14)29(21,25)24-13-20-23-10-11-28-20/h2-12H,13H2,1H3,(H2,21,24,25). The lowest BCUT2D eigenvalue weighted by molar-refractivity contribution is 0.415. The molecule has 0 aliphatic rings. The van der Waals surface area contributed by atoms with E-state index in [0.717, 1.165) is 21.7 Å². The van der Waals surface area contributed by atoms with Crippen LogP contribution in [0.15, 0.2) is 75.6 Å². The number of nitrogens with two attached hydrogens (primary N) is 1. The summed E-state index contributed by atoms with van der Waals surface area (Å²) in [6, 6.07) is 14.2. The van der Waals surface area contributed by atoms with Gasteiger partial charge in [0.15, 0.2) is 0 Å². The van der Waals surface area contributed by atoms with Gasteiger partial charge < -0.3 is 9.47 Å². The van der Waals surface area contributed by atoms with Crippen molar-refractivity contribution >= 4 is 32.2 Å². The molecule has 9 heteroatoms. The number of pyridine rings is 1. The van der Waals surface area contributed by atoms with Crippen LogP contribution in [0.1, 0.15) is 5.01 Å². The summed E-state index contributed by atoms with van der Waals surface area (Å²) in [5.41, 5.74) is 0.768. The molecule has 4 rings (SSSR count). The van der Waals surface area contributed by atoms with Gasteiger partial charge in [0.05, 0.1) is 17.5 Å². The largest absolute Gasteiger partial charge is 0.497 e. The van der Waals surface area contributed by atoms with E-state index in [1.165, 1.54) is 11.3 Å². The number of fused-ring (bicyclic) bond motifs is 1. The van der Waals surface area contributed by atoms with Gasteiger partial charge in [0, 0.05) is 29.2 Å². The number of ether oxygens (including phenoxy) is 2. The molecule has 0 amide bonds. The number of hydrogen-bond acceptors (Lipinski definition) is 7. The summed E-state index contributed by atoms with van der Waals surface area (Å²) in [6.07, 6.45) is 3.36. The Morgan fingerprint density at radius 1 is 1.07 bits per heavy atom. The Bertz CT molecular complexity index is 1250. The van der Waals surface area contributed by atoms with E-state index in [2.05, 4.69) is 14.3 Å². The normalized spacial score (nSPS) is 13.0. The van der Waals surface area contributed by atoms with Crippen molar-refractivity contribution in [3.8, 4) is 17.2 Å². The summed E-state index contributed by atoms with van der Waals surface area (Å²) in [4.78, 5) is 8.91. The van der Waals surface area contributed by atoms with Crippen LogP contribution < -0.4 is 14.6 Å². The molecule has 2 N–H and O–H groups in total. The van der Waals surface area contributed by atoms with Crippen molar-refractivity contribution in [3.05, 3.63) is 71.3 Å². The molecule has 1 atom stereocenters. The van der Waals surface area contributed by atoms with E-state index >= 15 is 0 Å². The second-order valence-electron chi connectivity index (χ2n) is 6.05. The van der Waals surface area contributed by atoms with Crippen LogP contribution in [-0.2, 0) is 16.5 Å². The molecular weight excluding hydrogens is 408 g/mol. The van der Waals surface area contributed by atoms with Crippen LogP contribution in [0.3, 0.4) is 0 Å². The van der Waals surface area contributed by atoms with Gasteiger partial charge in [0.1, 0.15) is 38.7 Å². The van der Waals surface area contributed by atoms with Crippen LogP contribution in [-0.4, -0.2) is 21.3 Å². The minimum absolute atomic E-state index is 0.220. The Hall–Kier alpha value is -3.01. The number of aromatic nitrogens is 2. The van der Waals surface area contributed by atoms with E-state index in [-0.39, 0.29) is 6.54 Å². The van der Waals surface area contributed by atoms with Crippen molar-refractivity contribution in [2.45, 2.75) is 11.4 Å². The molecule has 0 saturated carbocycles. The maximum Gasteiger partial charge on any atom is 0.138 e. The summed E-state index contributed by atoms with van der Waals surface area (Å²) in [5, 5.41) is 9.41. The zero-order valence-electron chi connectivity index (χ0n) is 15.5. The Morgan fingerprint density at radius 3 is 2.59 bits per heavy atom. The van der Waals surface area contributed by atoms with Crippen LogP contribution in [0.4, 0.5) is 0 Å². The van der Waals surface area contributed by atoms with E-state index in [4.69, 9.17) is 14.6 Å². The zero-order chi connectivity index (χ0) is 20.3. The van der Waals surface area contributed by atoms with E-state index in [0.29, 0.717) is 16.4 Å². The molecule has 0 spiro atoms. The van der Waals surface area contributed by atoms with E-state index in [9.17, 15) is 4.21 Å². The molecule has 148 valence electrons. The molecule has 0 radical (unpaired) electrons. The third kappa shape index (κ3) is 4.37. The quantitative estimate of drug-likeness (QED) is 0.493. The first-order valence-corrected chi connectivity index (χ1v) is 11.1. The average Bonchev–Trinajstić information content (AvgIpc) is 3.26. The van der Waals surface area contributed by atoms with Crippen LogP contribution in [0.5, 0.6) is 17.2 Å². The maximum atomic E-state index is 12.7. The second-order valence-corrected chi connectivity index (χ2v) is 8.89. The Balaban J connectivity index is 1.56. The van der Waals surface area contributed by atoms with Crippen molar-refractivity contribution < 1.29 is 13.7 Å². The summed E-state index contributed by atoms with van der Waals surface area (Å²) < 4.78 is 28.1. The van der Waals surface area contributed by atoms with Crippen LogP contribution >= 0.6 is 11.3 Å². The first kappa shape index (κ1) is 19.3. The molecule has 2 aromatic carbocycles. The molecule has 0 fully saturated rings. The third-order valence-electron chi connectivity index (χ3n) is 4.17. The molecule has 2 aromatic heterocycles. The van der Waals surface area contributed by atoms with Gasteiger partial charge in [-0.25, -0.2) is 18.7 Å². The number of thiazole rings is 1. The minimum atomic E-state index is -3.01. The van der Waals surface area contributed by atoms with Gasteiger partial charge in [-0.15, -0.1) is 11.3 Å². The topological polar surface area (TPSA) is 99.7 Å². The number of nitrogens with zero attached hydrogens (tertiary/aromatic N) is 3. The van der Waals surface area contributed by atoms with Gasteiger partial charge in [0.25, 0.3) is 0 Å². The zero-order valence-corrected chi connectivity index (χ0v) is 17.2. The van der Waals surface area contributed by atoms with Crippen LogP contribution in [0, 0.1) is 0 Å². The fourth-order valence-corrected chi connectivity index (χ4v) is 4.31. The Kier molecular flexibility index (Phi) is 5.43. The smallest absolute Gasteiger partial charge is 0.138 e. The highest BCUT2D eigenvalue weighted by atomic mass is 32.2. The number of methoxy groups -OCH3 is 1. The molecule has 0 bridgehead atoms. The fraction of sp³-hybridized carbons (Fsp3) is 0.100. The van der Waals surface area contributed by atoms with Crippen molar-refractivity contribution in [2.75, 3.05) is 7.11 Å². The highest BCUT2D eigenvalue weighted by Crippen LogP contribution is 2.31. The molecule has 2 heterocycles. The molecule has 0 aliphatic carbocycles. The maximum absolute atomic E-state index is 12.7. The highest BCUT2D eigenvalue weighted by Gasteiger charge is 2.09. The lowest BCUT2D eigenvalue weighted by Crippen LogP contribution is -2.12. The lowest BCUT2D eigenvalue weighted by Gasteiger charge is -2.10. The third-order valence-corrected chi connectivity index (χ3v) is 6.40. The van der Waals surface area contributed by atoms with Crippen LogP contribution in [0.25, 0.3) is 10.9 Å².